The Balaban J connectivity index is 1.65. The van der Waals surface area contributed by atoms with E-state index < -0.39 is 0 Å². The molecule has 2 rings (SSSR count). The molecule has 0 spiro atoms. The molecule has 1 unspecified atom stereocenters. The van der Waals surface area contributed by atoms with Gasteiger partial charge in [-0.3, -0.25) is 4.79 Å². The SMILES string of the molecule is CC1(C)CCCC(NCC(=O)NC2CCCCC2)C1. The van der Waals surface area contributed by atoms with Crippen LogP contribution in [0.4, 0.5) is 0 Å². The zero-order chi connectivity index (χ0) is 13.7. The molecule has 19 heavy (non-hydrogen) atoms. The van der Waals surface area contributed by atoms with Crippen molar-refractivity contribution in [3.8, 4) is 0 Å². The minimum atomic E-state index is 0.190. The van der Waals surface area contributed by atoms with Crippen LogP contribution in [0.25, 0.3) is 0 Å². The van der Waals surface area contributed by atoms with Gasteiger partial charge in [0.05, 0.1) is 6.54 Å². The lowest BCUT2D eigenvalue weighted by Crippen LogP contribution is -2.45. The summed E-state index contributed by atoms with van der Waals surface area (Å²) in [5.74, 6) is 0.190. The third-order valence-corrected chi connectivity index (χ3v) is 4.73. The molecular weight excluding hydrogens is 236 g/mol. The molecule has 0 aliphatic heterocycles. The molecule has 2 saturated carbocycles. The number of nitrogens with one attached hydrogen (secondary N) is 2. The van der Waals surface area contributed by atoms with Gasteiger partial charge in [0.15, 0.2) is 0 Å². The average molecular weight is 266 g/mol. The predicted molar refractivity (Wildman–Crippen MR) is 79.1 cm³/mol. The maximum absolute atomic E-state index is 11.9. The van der Waals surface area contributed by atoms with E-state index in [1.807, 2.05) is 0 Å². The molecule has 0 radical (unpaired) electrons. The van der Waals surface area contributed by atoms with Crippen molar-refractivity contribution >= 4 is 5.91 Å². The number of amides is 1. The molecule has 0 saturated heterocycles. The van der Waals surface area contributed by atoms with E-state index in [4.69, 9.17) is 0 Å². The van der Waals surface area contributed by atoms with Crippen LogP contribution >= 0.6 is 0 Å². The first-order valence-electron chi connectivity index (χ1n) is 8.08. The molecule has 0 heterocycles. The lowest BCUT2D eigenvalue weighted by Gasteiger charge is -2.35. The van der Waals surface area contributed by atoms with Crippen LogP contribution in [0.1, 0.15) is 71.6 Å². The highest BCUT2D eigenvalue weighted by Gasteiger charge is 2.28. The highest BCUT2D eigenvalue weighted by molar-refractivity contribution is 5.78. The first kappa shape index (κ1) is 14.8. The summed E-state index contributed by atoms with van der Waals surface area (Å²) in [5.41, 5.74) is 0.440. The van der Waals surface area contributed by atoms with Crippen LogP contribution in [0.2, 0.25) is 0 Å². The Morgan fingerprint density at radius 3 is 2.42 bits per heavy atom. The second-order valence-electron chi connectivity index (χ2n) is 7.24. The summed E-state index contributed by atoms with van der Waals surface area (Å²) in [6, 6.07) is 0.965. The van der Waals surface area contributed by atoms with E-state index in [2.05, 4.69) is 24.5 Å². The molecule has 3 nitrogen and oxygen atoms in total. The van der Waals surface area contributed by atoms with Gasteiger partial charge >= 0.3 is 0 Å². The van der Waals surface area contributed by atoms with E-state index in [-0.39, 0.29) is 5.91 Å². The minimum absolute atomic E-state index is 0.190. The summed E-state index contributed by atoms with van der Waals surface area (Å²) in [5, 5.41) is 6.63. The molecule has 1 amide bonds. The van der Waals surface area contributed by atoms with Crippen LogP contribution in [0.3, 0.4) is 0 Å². The summed E-state index contributed by atoms with van der Waals surface area (Å²) in [6.07, 6.45) is 11.2. The van der Waals surface area contributed by atoms with Crippen molar-refractivity contribution in [2.75, 3.05) is 6.54 Å². The third kappa shape index (κ3) is 5.13. The summed E-state index contributed by atoms with van der Waals surface area (Å²) >= 11 is 0. The van der Waals surface area contributed by atoms with E-state index in [1.165, 1.54) is 57.8 Å². The zero-order valence-corrected chi connectivity index (χ0v) is 12.6. The third-order valence-electron chi connectivity index (χ3n) is 4.73. The second kappa shape index (κ2) is 6.74. The number of carbonyl (C=O) groups is 1. The fourth-order valence-electron chi connectivity index (χ4n) is 3.64. The van der Waals surface area contributed by atoms with Crippen LogP contribution in [-0.4, -0.2) is 24.5 Å². The quantitative estimate of drug-likeness (QED) is 0.821. The molecule has 2 fully saturated rings. The van der Waals surface area contributed by atoms with Crippen molar-refractivity contribution in [2.24, 2.45) is 5.41 Å². The first-order chi connectivity index (χ1) is 9.05. The Morgan fingerprint density at radius 2 is 1.74 bits per heavy atom. The Bertz CT molecular complexity index is 295. The summed E-state index contributed by atoms with van der Waals surface area (Å²) in [4.78, 5) is 11.9. The van der Waals surface area contributed by atoms with Gasteiger partial charge in [-0.2, -0.15) is 0 Å². The molecule has 0 aromatic rings. The van der Waals surface area contributed by atoms with Crippen LogP contribution in [0, 0.1) is 5.41 Å². The number of carbonyl (C=O) groups excluding carboxylic acids is 1. The van der Waals surface area contributed by atoms with Gasteiger partial charge in [-0.05, 0) is 37.5 Å². The first-order valence-corrected chi connectivity index (χ1v) is 8.08. The van der Waals surface area contributed by atoms with Crippen LogP contribution in [-0.2, 0) is 4.79 Å². The van der Waals surface area contributed by atoms with Gasteiger partial charge in [-0.25, -0.2) is 0 Å². The van der Waals surface area contributed by atoms with E-state index in [1.54, 1.807) is 0 Å². The number of hydrogen-bond donors (Lipinski definition) is 2. The molecule has 0 aromatic heterocycles. The van der Waals surface area contributed by atoms with Crippen molar-refractivity contribution in [1.82, 2.24) is 10.6 Å². The van der Waals surface area contributed by atoms with E-state index in [0.29, 0.717) is 24.0 Å². The van der Waals surface area contributed by atoms with Gasteiger partial charge in [-0.15, -0.1) is 0 Å². The summed E-state index contributed by atoms with van der Waals surface area (Å²) in [6.45, 7) is 5.17. The summed E-state index contributed by atoms with van der Waals surface area (Å²) < 4.78 is 0. The summed E-state index contributed by atoms with van der Waals surface area (Å²) in [7, 11) is 0. The van der Waals surface area contributed by atoms with E-state index >= 15 is 0 Å². The van der Waals surface area contributed by atoms with Crippen LogP contribution < -0.4 is 10.6 Å². The molecule has 0 aromatic carbocycles. The predicted octanol–water partition coefficient (Wildman–Crippen LogP) is 2.99. The largest absolute Gasteiger partial charge is 0.352 e. The van der Waals surface area contributed by atoms with Crippen molar-refractivity contribution in [3.63, 3.8) is 0 Å². The number of hydrogen-bond acceptors (Lipinski definition) is 2. The van der Waals surface area contributed by atoms with Gasteiger partial charge in [0.25, 0.3) is 0 Å². The average Bonchev–Trinajstić information content (AvgIpc) is 2.36. The number of rotatable bonds is 4. The molecule has 2 aliphatic rings. The highest BCUT2D eigenvalue weighted by Crippen LogP contribution is 2.34. The highest BCUT2D eigenvalue weighted by atomic mass is 16.1. The molecule has 0 bridgehead atoms. The van der Waals surface area contributed by atoms with Crippen molar-refractivity contribution in [1.29, 1.82) is 0 Å². The topological polar surface area (TPSA) is 41.1 Å². The standard InChI is InChI=1S/C16H30N2O/c1-16(2)10-6-9-14(11-16)17-12-15(19)18-13-7-4-3-5-8-13/h13-14,17H,3-12H2,1-2H3,(H,18,19). The minimum Gasteiger partial charge on any atom is -0.352 e. The van der Waals surface area contributed by atoms with Gasteiger partial charge in [0.2, 0.25) is 5.91 Å². The Morgan fingerprint density at radius 1 is 1.05 bits per heavy atom. The Labute approximate surface area is 117 Å². The monoisotopic (exact) mass is 266 g/mol. The van der Waals surface area contributed by atoms with Gasteiger partial charge < -0.3 is 10.6 Å². The fraction of sp³-hybridized carbons (Fsp3) is 0.938. The molecule has 110 valence electrons. The Hall–Kier alpha value is -0.570. The lowest BCUT2D eigenvalue weighted by atomic mass is 9.75. The van der Waals surface area contributed by atoms with Gasteiger partial charge in [0.1, 0.15) is 0 Å². The zero-order valence-electron chi connectivity index (χ0n) is 12.6. The molecule has 2 N–H and O–H groups in total. The molecular formula is C16H30N2O. The van der Waals surface area contributed by atoms with Crippen LogP contribution in [0.5, 0.6) is 0 Å². The normalized spacial score (nSPS) is 28.0. The van der Waals surface area contributed by atoms with Crippen molar-refractivity contribution in [3.05, 3.63) is 0 Å². The van der Waals surface area contributed by atoms with E-state index in [0.717, 1.165) is 0 Å². The lowest BCUT2D eigenvalue weighted by molar-refractivity contribution is -0.121. The smallest absolute Gasteiger partial charge is 0.234 e. The van der Waals surface area contributed by atoms with E-state index in [9.17, 15) is 4.79 Å². The maximum Gasteiger partial charge on any atom is 0.234 e. The van der Waals surface area contributed by atoms with Crippen LogP contribution in [0.15, 0.2) is 0 Å². The van der Waals surface area contributed by atoms with Crippen molar-refractivity contribution < 1.29 is 4.79 Å². The van der Waals surface area contributed by atoms with Gasteiger partial charge in [-0.1, -0.05) is 39.5 Å². The maximum atomic E-state index is 11.9. The second-order valence-corrected chi connectivity index (χ2v) is 7.24. The Kier molecular flexibility index (Phi) is 5.26. The fourth-order valence-corrected chi connectivity index (χ4v) is 3.64. The molecule has 3 heteroatoms. The molecule has 1 atom stereocenters. The molecule has 2 aliphatic carbocycles. The van der Waals surface area contributed by atoms with Crippen molar-refractivity contribution in [2.45, 2.75) is 83.7 Å². The van der Waals surface area contributed by atoms with Gasteiger partial charge in [0, 0.05) is 12.1 Å².